The van der Waals surface area contributed by atoms with E-state index in [4.69, 9.17) is 0 Å². The first-order valence-corrected chi connectivity index (χ1v) is 8.62. The van der Waals surface area contributed by atoms with Gasteiger partial charge < -0.3 is 5.32 Å². The molecular formula is C18H14N4O2S. The number of para-hydroxylation sites is 1. The summed E-state index contributed by atoms with van der Waals surface area (Å²) in [5.41, 5.74) is 2.82. The van der Waals surface area contributed by atoms with Crippen LogP contribution < -0.4 is 10.9 Å². The zero-order chi connectivity index (χ0) is 17.2. The van der Waals surface area contributed by atoms with Crippen LogP contribution in [0.4, 0.5) is 5.69 Å². The number of benzene rings is 1. The number of thiophene rings is 1. The lowest BCUT2D eigenvalue weighted by Crippen LogP contribution is -2.17. The van der Waals surface area contributed by atoms with Crippen molar-refractivity contribution in [2.24, 2.45) is 0 Å². The minimum Gasteiger partial charge on any atom is -0.322 e. The minimum absolute atomic E-state index is 0.242. The fourth-order valence-electron chi connectivity index (χ4n) is 2.61. The van der Waals surface area contributed by atoms with Gasteiger partial charge in [-0.1, -0.05) is 18.2 Å². The van der Waals surface area contributed by atoms with Gasteiger partial charge in [-0.05, 0) is 34.5 Å². The summed E-state index contributed by atoms with van der Waals surface area (Å²) in [7, 11) is 0. The van der Waals surface area contributed by atoms with E-state index in [-0.39, 0.29) is 11.5 Å². The van der Waals surface area contributed by atoms with E-state index >= 15 is 0 Å². The van der Waals surface area contributed by atoms with Gasteiger partial charge in [0.15, 0.2) is 5.65 Å². The first kappa shape index (κ1) is 15.3. The van der Waals surface area contributed by atoms with E-state index in [1.54, 1.807) is 23.5 Å². The van der Waals surface area contributed by atoms with E-state index in [1.807, 2.05) is 35.0 Å². The molecular weight excluding hydrogens is 336 g/mol. The third-order valence-electron chi connectivity index (χ3n) is 3.79. The Morgan fingerprint density at radius 2 is 2.08 bits per heavy atom. The van der Waals surface area contributed by atoms with Crippen molar-refractivity contribution >= 4 is 28.6 Å². The van der Waals surface area contributed by atoms with Crippen LogP contribution in [0.25, 0.3) is 5.65 Å². The molecule has 0 atom stereocenters. The maximum atomic E-state index is 12.5. The number of nitrogens with one attached hydrogen (secondary N) is 2. The monoisotopic (exact) mass is 350 g/mol. The van der Waals surface area contributed by atoms with Crippen LogP contribution in [0.3, 0.4) is 0 Å². The van der Waals surface area contributed by atoms with Crippen molar-refractivity contribution in [3.05, 3.63) is 86.6 Å². The molecule has 3 heterocycles. The summed E-state index contributed by atoms with van der Waals surface area (Å²) < 4.78 is 1.27. The molecule has 0 aliphatic carbocycles. The van der Waals surface area contributed by atoms with Crippen molar-refractivity contribution in [3.8, 4) is 0 Å². The Hall–Kier alpha value is -3.19. The lowest BCUT2D eigenvalue weighted by atomic mass is 10.2. The predicted molar refractivity (Wildman–Crippen MR) is 97.3 cm³/mol. The third-order valence-corrected chi connectivity index (χ3v) is 4.52. The van der Waals surface area contributed by atoms with Crippen LogP contribution >= 0.6 is 11.3 Å². The molecule has 0 saturated heterocycles. The van der Waals surface area contributed by atoms with Crippen molar-refractivity contribution in [1.82, 2.24) is 14.6 Å². The Morgan fingerprint density at radius 1 is 1.24 bits per heavy atom. The fourth-order valence-corrected chi connectivity index (χ4v) is 3.28. The van der Waals surface area contributed by atoms with Crippen molar-refractivity contribution in [1.29, 1.82) is 0 Å². The number of aromatic nitrogens is 3. The van der Waals surface area contributed by atoms with Gasteiger partial charge in [-0.3, -0.25) is 14.7 Å². The summed E-state index contributed by atoms with van der Waals surface area (Å²) in [6.07, 6.45) is 2.05. The fraction of sp³-hybridized carbons (Fsp3) is 0.0556. The van der Waals surface area contributed by atoms with Gasteiger partial charge in [-0.25, -0.2) is 9.50 Å². The number of amides is 1. The summed E-state index contributed by atoms with van der Waals surface area (Å²) in [6.45, 7) is 0. The molecule has 4 rings (SSSR count). The number of hydrogen-bond acceptors (Lipinski definition) is 4. The molecule has 0 spiro atoms. The zero-order valence-electron chi connectivity index (χ0n) is 13.1. The molecule has 1 amide bonds. The molecule has 0 bridgehead atoms. The Bertz CT molecular complexity index is 1080. The second kappa shape index (κ2) is 6.37. The predicted octanol–water partition coefficient (Wildman–Crippen LogP) is 2.93. The first-order chi connectivity index (χ1) is 12.2. The van der Waals surface area contributed by atoms with Crippen molar-refractivity contribution < 1.29 is 4.79 Å². The van der Waals surface area contributed by atoms with E-state index in [9.17, 15) is 9.59 Å². The number of carbonyl (C=O) groups is 1. The molecule has 25 heavy (non-hydrogen) atoms. The zero-order valence-corrected chi connectivity index (χ0v) is 13.9. The lowest BCUT2D eigenvalue weighted by molar-refractivity contribution is 0.102. The highest BCUT2D eigenvalue weighted by Gasteiger charge is 2.16. The van der Waals surface area contributed by atoms with E-state index in [1.165, 1.54) is 16.8 Å². The number of aromatic amines is 1. The number of H-pyrrole nitrogens is 1. The highest BCUT2D eigenvalue weighted by atomic mass is 32.1. The first-order valence-electron chi connectivity index (χ1n) is 7.68. The Balaban J connectivity index is 1.70. The van der Waals surface area contributed by atoms with Crippen LogP contribution in [0.2, 0.25) is 0 Å². The molecule has 0 radical (unpaired) electrons. The number of hydrogen-bond donors (Lipinski definition) is 2. The van der Waals surface area contributed by atoms with Gasteiger partial charge >= 0.3 is 0 Å². The van der Waals surface area contributed by atoms with E-state index < -0.39 is 0 Å². The smallest absolute Gasteiger partial charge is 0.272 e. The maximum Gasteiger partial charge on any atom is 0.272 e. The van der Waals surface area contributed by atoms with Crippen LogP contribution in [-0.2, 0) is 6.42 Å². The maximum absolute atomic E-state index is 12.5. The van der Waals surface area contributed by atoms with Crippen LogP contribution in [0.1, 0.15) is 21.6 Å². The molecule has 0 fully saturated rings. The molecule has 2 N–H and O–H groups in total. The Morgan fingerprint density at radius 3 is 2.84 bits per heavy atom. The second-order valence-electron chi connectivity index (χ2n) is 5.56. The molecule has 7 heteroatoms. The van der Waals surface area contributed by atoms with E-state index in [0.717, 1.165) is 5.56 Å². The number of nitrogens with zero attached hydrogens (tertiary/aromatic N) is 2. The Labute approximate surface area is 146 Å². The molecule has 124 valence electrons. The normalized spacial score (nSPS) is 10.9. The van der Waals surface area contributed by atoms with Crippen molar-refractivity contribution in [2.45, 2.75) is 6.42 Å². The van der Waals surface area contributed by atoms with Gasteiger partial charge in [0, 0.05) is 24.4 Å². The van der Waals surface area contributed by atoms with Crippen LogP contribution in [0, 0.1) is 0 Å². The van der Waals surface area contributed by atoms with Gasteiger partial charge in [0.2, 0.25) is 0 Å². The summed E-state index contributed by atoms with van der Waals surface area (Å²) in [5, 5.41) is 9.60. The number of carbonyl (C=O) groups excluding carboxylic acids is 1. The number of rotatable bonds is 4. The molecule has 0 aliphatic heterocycles. The summed E-state index contributed by atoms with van der Waals surface area (Å²) in [4.78, 5) is 29.3. The quantitative estimate of drug-likeness (QED) is 0.594. The third kappa shape index (κ3) is 3.09. The summed E-state index contributed by atoms with van der Waals surface area (Å²) in [5.74, 6) is -0.315. The molecule has 0 unspecified atom stereocenters. The van der Waals surface area contributed by atoms with Gasteiger partial charge in [0.25, 0.3) is 11.5 Å². The largest absolute Gasteiger partial charge is 0.322 e. The highest BCUT2D eigenvalue weighted by Crippen LogP contribution is 2.14. The van der Waals surface area contributed by atoms with E-state index in [0.29, 0.717) is 29.0 Å². The number of anilines is 1. The summed E-state index contributed by atoms with van der Waals surface area (Å²) >= 11 is 1.60. The molecule has 0 saturated carbocycles. The Kier molecular flexibility index (Phi) is 3.91. The topological polar surface area (TPSA) is 79.3 Å². The molecule has 1 aromatic carbocycles. The van der Waals surface area contributed by atoms with Crippen molar-refractivity contribution in [2.75, 3.05) is 5.32 Å². The average Bonchev–Trinajstić information content (AvgIpc) is 3.25. The highest BCUT2D eigenvalue weighted by molar-refractivity contribution is 7.07. The SMILES string of the molecule is O=C(Nc1ccccc1)c1c[nH]n2c(=O)cc(Cc3ccsc3)nc12. The van der Waals surface area contributed by atoms with Crippen LogP contribution in [0.5, 0.6) is 0 Å². The molecule has 0 aliphatic rings. The second-order valence-corrected chi connectivity index (χ2v) is 6.34. The molecule has 4 aromatic rings. The molecule has 3 aromatic heterocycles. The van der Waals surface area contributed by atoms with Crippen LogP contribution in [-0.4, -0.2) is 20.5 Å². The van der Waals surface area contributed by atoms with Gasteiger partial charge in [-0.15, -0.1) is 0 Å². The van der Waals surface area contributed by atoms with Gasteiger partial charge in [0.05, 0.1) is 5.69 Å². The summed E-state index contributed by atoms with van der Waals surface area (Å²) in [6, 6.07) is 12.6. The number of fused-ring (bicyclic) bond motifs is 1. The lowest BCUT2D eigenvalue weighted by Gasteiger charge is -2.04. The standard InChI is InChI=1S/C18H14N4O2S/c23-16-9-14(8-12-6-7-25-11-12)20-17-15(10-19-22(16)17)18(24)21-13-4-2-1-3-5-13/h1-7,9-11,19H,8H2,(H,21,24). The van der Waals surface area contributed by atoms with Gasteiger partial charge in [0.1, 0.15) is 5.56 Å². The van der Waals surface area contributed by atoms with Crippen LogP contribution in [0.15, 0.2) is 64.2 Å². The van der Waals surface area contributed by atoms with Gasteiger partial charge in [-0.2, -0.15) is 11.3 Å². The van der Waals surface area contributed by atoms with E-state index in [2.05, 4.69) is 15.4 Å². The van der Waals surface area contributed by atoms with Crippen molar-refractivity contribution in [3.63, 3.8) is 0 Å². The minimum atomic E-state index is -0.315. The average molecular weight is 350 g/mol. The molecule has 6 nitrogen and oxygen atoms in total.